The summed E-state index contributed by atoms with van der Waals surface area (Å²) < 4.78 is 0. The highest BCUT2D eigenvalue weighted by molar-refractivity contribution is 6.13. The number of phenols is 1. The first-order valence-electron chi connectivity index (χ1n) is 6.90. The lowest BCUT2D eigenvalue weighted by Crippen LogP contribution is -1.90. The first-order valence-corrected chi connectivity index (χ1v) is 6.90. The smallest absolute Gasteiger partial charge is 0.152 e. The van der Waals surface area contributed by atoms with E-state index in [0.717, 1.165) is 32.7 Å². The van der Waals surface area contributed by atoms with Crippen molar-refractivity contribution in [3.8, 4) is 5.75 Å². The Morgan fingerprint density at radius 2 is 1.71 bits per heavy atom. The lowest BCUT2D eigenvalue weighted by atomic mass is 9.92. The van der Waals surface area contributed by atoms with Gasteiger partial charge in [0.05, 0.1) is 0 Å². The highest BCUT2D eigenvalue weighted by Crippen LogP contribution is 2.35. The summed E-state index contributed by atoms with van der Waals surface area (Å²) in [5.41, 5.74) is 2.17. The summed E-state index contributed by atoms with van der Waals surface area (Å²) in [5.74, 6) is 0.271. The number of carbonyl (C=O) groups excluding carboxylic acids is 1. The van der Waals surface area contributed by atoms with Crippen molar-refractivity contribution >= 4 is 33.4 Å². The Hall–Kier alpha value is -2.61. The standard InChI is InChI=1S/C19H16O2/c1-12(20)7-9-16-13(2)15-5-3-4-6-17(15)19-11-14(21)8-10-18(16)19/h3-11,21H,1-2H3/b9-7-. The molecule has 104 valence electrons. The van der Waals surface area contributed by atoms with Crippen LogP contribution in [0, 0.1) is 6.92 Å². The van der Waals surface area contributed by atoms with Gasteiger partial charge in [-0.1, -0.05) is 36.4 Å². The summed E-state index contributed by atoms with van der Waals surface area (Å²) >= 11 is 0. The molecule has 21 heavy (non-hydrogen) atoms. The molecular formula is C19H16O2. The van der Waals surface area contributed by atoms with Gasteiger partial charge in [-0.25, -0.2) is 0 Å². The van der Waals surface area contributed by atoms with Gasteiger partial charge in [-0.05, 0) is 64.7 Å². The third-order valence-electron chi connectivity index (χ3n) is 3.80. The molecule has 0 spiro atoms. The molecule has 2 heteroatoms. The Bertz CT molecular complexity index is 889. The third kappa shape index (κ3) is 2.29. The molecule has 0 saturated heterocycles. The van der Waals surface area contributed by atoms with Crippen LogP contribution in [0.4, 0.5) is 0 Å². The van der Waals surface area contributed by atoms with Crippen LogP contribution in [0.3, 0.4) is 0 Å². The number of fused-ring (bicyclic) bond motifs is 3. The molecule has 1 N–H and O–H groups in total. The van der Waals surface area contributed by atoms with Gasteiger partial charge in [-0.15, -0.1) is 0 Å². The average Bonchev–Trinajstić information content (AvgIpc) is 2.47. The Morgan fingerprint density at radius 1 is 1.00 bits per heavy atom. The number of aryl methyl sites for hydroxylation is 1. The quantitative estimate of drug-likeness (QED) is 0.548. The summed E-state index contributed by atoms with van der Waals surface area (Å²) in [6.07, 6.45) is 3.45. The summed E-state index contributed by atoms with van der Waals surface area (Å²) in [6.45, 7) is 3.61. The molecule has 0 fully saturated rings. The van der Waals surface area contributed by atoms with Gasteiger partial charge in [-0.3, -0.25) is 4.79 Å². The van der Waals surface area contributed by atoms with Crippen molar-refractivity contribution in [2.45, 2.75) is 13.8 Å². The van der Waals surface area contributed by atoms with E-state index < -0.39 is 0 Å². The van der Waals surface area contributed by atoms with E-state index in [9.17, 15) is 9.90 Å². The van der Waals surface area contributed by atoms with Crippen molar-refractivity contribution in [3.63, 3.8) is 0 Å². The molecule has 0 heterocycles. The molecule has 2 nitrogen and oxygen atoms in total. The number of carbonyl (C=O) groups is 1. The fraction of sp³-hybridized carbons (Fsp3) is 0.105. The molecule has 0 aliphatic heterocycles. The monoisotopic (exact) mass is 276 g/mol. The molecule has 0 amide bonds. The van der Waals surface area contributed by atoms with Crippen molar-refractivity contribution in [1.82, 2.24) is 0 Å². The summed E-state index contributed by atoms with van der Waals surface area (Å²) in [6, 6.07) is 13.5. The number of phenolic OH excluding ortho intramolecular Hbond substituents is 1. The van der Waals surface area contributed by atoms with E-state index >= 15 is 0 Å². The Balaban J connectivity index is 2.49. The summed E-state index contributed by atoms with van der Waals surface area (Å²) in [7, 11) is 0. The van der Waals surface area contributed by atoms with Crippen LogP contribution in [-0.2, 0) is 4.79 Å². The zero-order chi connectivity index (χ0) is 15.0. The lowest BCUT2D eigenvalue weighted by molar-refractivity contribution is -0.112. The van der Waals surface area contributed by atoms with Crippen molar-refractivity contribution in [3.05, 3.63) is 59.7 Å². The van der Waals surface area contributed by atoms with Gasteiger partial charge in [0.25, 0.3) is 0 Å². The maximum absolute atomic E-state index is 11.3. The normalized spacial score (nSPS) is 11.5. The number of hydrogen-bond donors (Lipinski definition) is 1. The van der Waals surface area contributed by atoms with Crippen molar-refractivity contribution in [2.24, 2.45) is 0 Å². The Labute approximate surface area is 123 Å². The van der Waals surface area contributed by atoms with Crippen LogP contribution < -0.4 is 0 Å². The second-order valence-corrected chi connectivity index (χ2v) is 5.26. The first kappa shape index (κ1) is 13.4. The van der Waals surface area contributed by atoms with E-state index in [4.69, 9.17) is 0 Å². The fourth-order valence-electron chi connectivity index (χ4n) is 2.80. The maximum atomic E-state index is 11.3. The van der Waals surface area contributed by atoms with Crippen molar-refractivity contribution in [2.75, 3.05) is 0 Å². The van der Waals surface area contributed by atoms with Crippen LogP contribution >= 0.6 is 0 Å². The van der Waals surface area contributed by atoms with Crippen molar-refractivity contribution < 1.29 is 9.90 Å². The molecule has 0 aliphatic carbocycles. The van der Waals surface area contributed by atoms with Crippen LogP contribution in [-0.4, -0.2) is 10.9 Å². The molecule has 0 saturated carbocycles. The van der Waals surface area contributed by atoms with E-state index in [0.29, 0.717) is 0 Å². The van der Waals surface area contributed by atoms with Crippen LogP contribution in [0.15, 0.2) is 48.5 Å². The van der Waals surface area contributed by atoms with Crippen LogP contribution in [0.2, 0.25) is 0 Å². The minimum atomic E-state index is 0.0227. The van der Waals surface area contributed by atoms with Gasteiger partial charge in [0.15, 0.2) is 5.78 Å². The summed E-state index contributed by atoms with van der Waals surface area (Å²) in [5, 5.41) is 14.1. The number of benzene rings is 3. The van der Waals surface area contributed by atoms with Crippen LogP contribution in [0.1, 0.15) is 18.1 Å². The predicted octanol–water partition coefficient (Wildman–Crippen LogP) is 4.61. The van der Waals surface area contributed by atoms with Gasteiger partial charge in [-0.2, -0.15) is 0 Å². The molecule has 0 radical (unpaired) electrons. The third-order valence-corrected chi connectivity index (χ3v) is 3.80. The van der Waals surface area contributed by atoms with E-state index in [-0.39, 0.29) is 11.5 Å². The number of allylic oxidation sites excluding steroid dienone is 1. The topological polar surface area (TPSA) is 37.3 Å². The largest absolute Gasteiger partial charge is 0.508 e. The maximum Gasteiger partial charge on any atom is 0.152 e. The SMILES string of the molecule is CC(=O)/C=C\c1c(C)c2ccccc2c2cc(O)ccc12. The van der Waals surface area contributed by atoms with Gasteiger partial charge >= 0.3 is 0 Å². The number of ketones is 1. The van der Waals surface area contributed by atoms with Crippen molar-refractivity contribution in [1.29, 1.82) is 0 Å². The lowest BCUT2D eigenvalue weighted by Gasteiger charge is -2.12. The zero-order valence-electron chi connectivity index (χ0n) is 12.1. The highest BCUT2D eigenvalue weighted by atomic mass is 16.3. The average molecular weight is 276 g/mol. The molecule has 0 unspecified atom stereocenters. The molecule has 0 aromatic heterocycles. The van der Waals surface area contributed by atoms with Gasteiger partial charge in [0.1, 0.15) is 5.75 Å². The highest BCUT2D eigenvalue weighted by Gasteiger charge is 2.10. The minimum Gasteiger partial charge on any atom is -0.508 e. The molecule has 0 aliphatic rings. The molecule has 3 aromatic rings. The predicted molar refractivity (Wildman–Crippen MR) is 87.6 cm³/mol. The van der Waals surface area contributed by atoms with Gasteiger partial charge in [0.2, 0.25) is 0 Å². The Morgan fingerprint density at radius 3 is 2.43 bits per heavy atom. The van der Waals surface area contributed by atoms with Crippen LogP contribution in [0.25, 0.3) is 27.6 Å². The van der Waals surface area contributed by atoms with Gasteiger partial charge in [0, 0.05) is 0 Å². The van der Waals surface area contributed by atoms with E-state index in [1.807, 2.05) is 24.3 Å². The Kier molecular flexibility index (Phi) is 3.22. The number of aromatic hydroxyl groups is 1. The molecule has 3 aromatic carbocycles. The first-order chi connectivity index (χ1) is 10.1. The van der Waals surface area contributed by atoms with Crippen LogP contribution in [0.5, 0.6) is 5.75 Å². The number of hydrogen-bond acceptors (Lipinski definition) is 2. The molecule has 3 rings (SSSR count). The van der Waals surface area contributed by atoms with E-state index in [1.165, 1.54) is 0 Å². The summed E-state index contributed by atoms with van der Waals surface area (Å²) in [4.78, 5) is 11.3. The molecule has 0 bridgehead atoms. The number of rotatable bonds is 2. The molecular weight excluding hydrogens is 260 g/mol. The zero-order valence-corrected chi connectivity index (χ0v) is 12.1. The fourth-order valence-corrected chi connectivity index (χ4v) is 2.80. The van der Waals surface area contributed by atoms with Gasteiger partial charge < -0.3 is 5.11 Å². The van der Waals surface area contributed by atoms with E-state index in [1.54, 1.807) is 25.1 Å². The minimum absolute atomic E-state index is 0.0227. The second kappa shape index (κ2) is 5.06. The molecule has 0 atom stereocenters. The second-order valence-electron chi connectivity index (χ2n) is 5.26. The van der Waals surface area contributed by atoms with E-state index in [2.05, 4.69) is 19.1 Å².